The van der Waals surface area contributed by atoms with Crippen molar-refractivity contribution in [2.75, 3.05) is 7.05 Å². The first-order chi connectivity index (χ1) is 8.11. The molecule has 0 aliphatic carbocycles. The van der Waals surface area contributed by atoms with Crippen LogP contribution in [0.4, 0.5) is 4.39 Å². The Balaban J connectivity index is 2.40. The molecule has 0 saturated carbocycles. The van der Waals surface area contributed by atoms with Crippen LogP contribution in [0.2, 0.25) is 0 Å². The number of rotatable bonds is 3. The maximum absolute atomic E-state index is 13.7. The zero-order valence-electron chi connectivity index (χ0n) is 10.3. The van der Waals surface area contributed by atoms with Crippen LogP contribution in [-0.4, -0.2) is 7.05 Å². The molecule has 0 saturated heterocycles. The lowest BCUT2D eigenvalue weighted by Crippen LogP contribution is -2.10. The van der Waals surface area contributed by atoms with Crippen molar-refractivity contribution in [3.8, 4) is 10.4 Å². The summed E-state index contributed by atoms with van der Waals surface area (Å²) in [4.78, 5) is 2.21. The molecular weight excluding hydrogens is 233 g/mol. The summed E-state index contributed by atoms with van der Waals surface area (Å²) in [7, 11) is 1.93. The lowest BCUT2D eigenvalue weighted by atomic mass is 10.1. The Bertz CT molecular complexity index is 519. The maximum Gasteiger partial charge on any atom is 0.131 e. The number of halogens is 1. The van der Waals surface area contributed by atoms with Crippen molar-refractivity contribution >= 4 is 11.3 Å². The number of hydrogen-bond acceptors (Lipinski definition) is 2. The topological polar surface area (TPSA) is 12.0 Å². The number of aryl methyl sites for hydroxylation is 1. The van der Waals surface area contributed by atoms with Crippen molar-refractivity contribution in [2.24, 2.45) is 0 Å². The van der Waals surface area contributed by atoms with E-state index in [4.69, 9.17) is 0 Å². The number of hydrogen-bond donors (Lipinski definition) is 1. The molecule has 2 rings (SSSR count). The predicted molar refractivity (Wildman–Crippen MR) is 71.9 cm³/mol. The Morgan fingerprint density at radius 1 is 1.24 bits per heavy atom. The van der Waals surface area contributed by atoms with E-state index < -0.39 is 0 Å². The SMILES string of the molecule is CNC(C)c1ccc(-c2cc(C)ccc2F)s1. The first-order valence-electron chi connectivity index (χ1n) is 5.65. The van der Waals surface area contributed by atoms with E-state index in [0.717, 1.165) is 10.4 Å². The van der Waals surface area contributed by atoms with Crippen LogP contribution in [0.3, 0.4) is 0 Å². The molecule has 1 atom stereocenters. The fourth-order valence-electron chi connectivity index (χ4n) is 1.70. The first-order valence-corrected chi connectivity index (χ1v) is 6.47. The fourth-order valence-corrected chi connectivity index (χ4v) is 2.79. The molecule has 90 valence electrons. The van der Waals surface area contributed by atoms with Crippen LogP contribution in [0, 0.1) is 12.7 Å². The van der Waals surface area contributed by atoms with Crippen LogP contribution in [0.5, 0.6) is 0 Å². The van der Waals surface area contributed by atoms with Gasteiger partial charge in [0.25, 0.3) is 0 Å². The van der Waals surface area contributed by atoms with Crippen LogP contribution in [0.1, 0.15) is 23.4 Å². The van der Waals surface area contributed by atoms with E-state index in [-0.39, 0.29) is 5.82 Å². The second kappa shape index (κ2) is 4.98. The number of nitrogens with one attached hydrogen (secondary N) is 1. The molecule has 3 heteroatoms. The van der Waals surface area contributed by atoms with E-state index in [1.54, 1.807) is 17.4 Å². The van der Waals surface area contributed by atoms with Crippen molar-refractivity contribution in [1.82, 2.24) is 5.32 Å². The third-order valence-corrected chi connectivity index (χ3v) is 4.18. The van der Waals surface area contributed by atoms with Crippen LogP contribution in [0.25, 0.3) is 10.4 Å². The molecule has 1 N–H and O–H groups in total. The molecular formula is C14H16FNS. The minimum atomic E-state index is -0.152. The lowest BCUT2D eigenvalue weighted by Gasteiger charge is -2.06. The summed E-state index contributed by atoms with van der Waals surface area (Å²) in [6, 6.07) is 9.58. The second-order valence-corrected chi connectivity index (χ2v) is 5.31. The normalized spacial score (nSPS) is 12.7. The lowest BCUT2D eigenvalue weighted by molar-refractivity contribution is 0.631. The van der Waals surface area contributed by atoms with E-state index in [1.165, 1.54) is 10.9 Å². The molecule has 1 heterocycles. The molecule has 0 spiro atoms. The summed E-state index contributed by atoms with van der Waals surface area (Å²) >= 11 is 1.64. The third kappa shape index (κ3) is 2.56. The van der Waals surface area contributed by atoms with Crippen molar-refractivity contribution in [3.05, 3.63) is 46.6 Å². The Kier molecular flexibility index (Phi) is 3.60. The molecule has 0 aliphatic heterocycles. The largest absolute Gasteiger partial charge is 0.313 e. The molecule has 0 radical (unpaired) electrons. The average molecular weight is 249 g/mol. The molecule has 0 bridgehead atoms. The van der Waals surface area contributed by atoms with Crippen molar-refractivity contribution < 1.29 is 4.39 Å². The maximum atomic E-state index is 13.7. The van der Waals surface area contributed by atoms with E-state index >= 15 is 0 Å². The van der Waals surface area contributed by atoms with Crippen LogP contribution >= 0.6 is 11.3 Å². The van der Waals surface area contributed by atoms with Gasteiger partial charge in [0.1, 0.15) is 5.82 Å². The van der Waals surface area contributed by atoms with E-state index in [0.29, 0.717) is 11.6 Å². The highest BCUT2D eigenvalue weighted by atomic mass is 32.1. The minimum Gasteiger partial charge on any atom is -0.313 e. The quantitative estimate of drug-likeness (QED) is 0.862. The average Bonchev–Trinajstić information content (AvgIpc) is 2.80. The minimum absolute atomic E-state index is 0.152. The monoisotopic (exact) mass is 249 g/mol. The van der Waals surface area contributed by atoms with E-state index in [2.05, 4.69) is 18.3 Å². The molecule has 1 aromatic carbocycles. The fraction of sp³-hybridized carbons (Fsp3) is 0.286. The molecule has 1 nitrogen and oxygen atoms in total. The molecule has 0 aliphatic rings. The van der Waals surface area contributed by atoms with Gasteiger partial charge < -0.3 is 5.32 Å². The summed E-state index contributed by atoms with van der Waals surface area (Å²) < 4.78 is 13.7. The zero-order chi connectivity index (χ0) is 12.4. The van der Waals surface area contributed by atoms with Gasteiger partial charge in [0.15, 0.2) is 0 Å². The zero-order valence-corrected chi connectivity index (χ0v) is 11.1. The Morgan fingerprint density at radius 2 is 2.00 bits per heavy atom. The third-order valence-electron chi connectivity index (χ3n) is 2.87. The van der Waals surface area contributed by atoms with Gasteiger partial charge in [0.2, 0.25) is 0 Å². The summed E-state index contributed by atoms with van der Waals surface area (Å²) in [5.74, 6) is -0.152. The van der Waals surface area contributed by atoms with Gasteiger partial charge in [-0.3, -0.25) is 0 Å². The van der Waals surface area contributed by atoms with Gasteiger partial charge in [-0.1, -0.05) is 11.6 Å². The Hall–Kier alpha value is -1.19. The van der Waals surface area contributed by atoms with Crippen LogP contribution in [0.15, 0.2) is 30.3 Å². The van der Waals surface area contributed by atoms with Gasteiger partial charge in [-0.05, 0) is 45.2 Å². The standard InChI is InChI=1S/C14H16FNS/c1-9-4-5-12(15)11(8-9)14-7-6-13(17-14)10(2)16-3/h4-8,10,16H,1-3H3. The highest BCUT2D eigenvalue weighted by Gasteiger charge is 2.11. The molecule has 2 aromatic rings. The van der Waals surface area contributed by atoms with Crippen LogP contribution in [-0.2, 0) is 0 Å². The molecule has 17 heavy (non-hydrogen) atoms. The van der Waals surface area contributed by atoms with Gasteiger partial charge in [-0.2, -0.15) is 0 Å². The molecule has 0 fully saturated rings. The van der Waals surface area contributed by atoms with E-state index in [9.17, 15) is 4.39 Å². The van der Waals surface area contributed by atoms with E-state index in [1.807, 2.05) is 26.1 Å². The van der Waals surface area contributed by atoms with Gasteiger partial charge in [-0.15, -0.1) is 11.3 Å². The van der Waals surface area contributed by atoms with Gasteiger partial charge in [-0.25, -0.2) is 4.39 Å². The summed E-state index contributed by atoms with van der Waals surface area (Å²) in [5, 5.41) is 3.19. The van der Waals surface area contributed by atoms with Crippen molar-refractivity contribution in [3.63, 3.8) is 0 Å². The number of thiophene rings is 1. The van der Waals surface area contributed by atoms with Crippen molar-refractivity contribution in [1.29, 1.82) is 0 Å². The smallest absolute Gasteiger partial charge is 0.131 e. The Labute approximate surface area is 105 Å². The van der Waals surface area contributed by atoms with Crippen LogP contribution < -0.4 is 5.32 Å². The summed E-state index contributed by atoms with van der Waals surface area (Å²) in [6.45, 7) is 4.08. The van der Waals surface area contributed by atoms with Gasteiger partial charge >= 0.3 is 0 Å². The molecule has 0 amide bonds. The first kappa shape index (κ1) is 12.3. The molecule has 1 aromatic heterocycles. The summed E-state index contributed by atoms with van der Waals surface area (Å²) in [5.41, 5.74) is 1.78. The number of benzene rings is 1. The second-order valence-electron chi connectivity index (χ2n) is 4.20. The van der Waals surface area contributed by atoms with Gasteiger partial charge in [0.05, 0.1) is 0 Å². The Morgan fingerprint density at radius 3 is 2.71 bits per heavy atom. The highest BCUT2D eigenvalue weighted by Crippen LogP contribution is 2.33. The summed E-state index contributed by atoms with van der Waals surface area (Å²) in [6.07, 6.45) is 0. The highest BCUT2D eigenvalue weighted by molar-refractivity contribution is 7.15. The van der Waals surface area contributed by atoms with Gasteiger partial charge in [0, 0.05) is 21.4 Å². The predicted octanol–water partition coefficient (Wildman–Crippen LogP) is 4.14. The van der Waals surface area contributed by atoms with Crippen molar-refractivity contribution in [2.45, 2.75) is 19.9 Å². The molecule has 1 unspecified atom stereocenters.